The van der Waals surface area contributed by atoms with Crippen LogP contribution in [-0.2, 0) is 0 Å². The van der Waals surface area contributed by atoms with Gasteiger partial charge in [-0.1, -0.05) is 24.6 Å². The molecular weight excluding hydrogens is 248 g/mol. The second-order valence-electron chi connectivity index (χ2n) is 4.13. The summed E-state index contributed by atoms with van der Waals surface area (Å²) in [5.41, 5.74) is 0.372. The van der Waals surface area contributed by atoms with Crippen LogP contribution in [0.25, 0.3) is 10.6 Å². The Morgan fingerprint density at radius 2 is 2.39 bits per heavy atom. The predicted octanol–water partition coefficient (Wildman–Crippen LogP) is 3.28. The zero-order valence-electron chi connectivity index (χ0n) is 10.5. The number of unbranched alkanes of at least 4 members (excludes halogenated alkanes) is 1. The van der Waals surface area contributed by atoms with Gasteiger partial charge >= 0.3 is 0 Å². The van der Waals surface area contributed by atoms with Crippen LogP contribution in [0.15, 0.2) is 28.1 Å². The molecule has 0 fully saturated rings. The van der Waals surface area contributed by atoms with Gasteiger partial charge < -0.3 is 9.42 Å². The summed E-state index contributed by atoms with van der Waals surface area (Å²) in [5.74, 6) is 0.562. The average Bonchev–Trinajstić information content (AvgIpc) is 3.04. The average molecular weight is 264 g/mol. The Labute approximate surface area is 110 Å². The number of hydrogen-bond donors (Lipinski definition) is 0. The van der Waals surface area contributed by atoms with Crippen LogP contribution >= 0.6 is 11.3 Å². The van der Waals surface area contributed by atoms with Gasteiger partial charge in [-0.3, -0.25) is 4.79 Å². The minimum Gasteiger partial charge on any atom is -0.355 e. The molecule has 0 radical (unpaired) electrons. The van der Waals surface area contributed by atoms with E-state index in [0.29, 0.717) is 11.5 Å². The number of aromatic nitrogens is 1. The first-order chi connectivity index (χ1) is 8.72. The second-order valence-corrected chi connectivity index (χ2v) is 5.08. The number of nitrogens with zero attached hydrogens (tertiary/aromatic N) is 2. The summed E-state index contributed by atoms with van der Waals surface area (Å²) in [5, 5.41) is 5.81. The molecule has 0 saturated carbocycles. The Bertz CT molecular complexity index is 505. The fourth-order valence-corrected chi connectivity index (χ4v) is 2.28. The van der Waals surface area contributed by atoms with E-state index in [0.717, 1.165) is 24.3 Å². The number of rotatable bonds is 5. The zero-order valence-corrected chi connectivity index (χ0v) is 11.4. The van der Waals surface area contributed by atoms with Crippen molar-refractivity contribution in [2.75, 3.05) is 13.6 Å². The molecule has 0 aliphatic carbocycles. The van der Waals surface area contributed by atoms with Crippen LogP contribution in [0.3, 0.4) is 0 Å². The first-order valence-electron chi connectivity index (χ1n) is 5.98. The molecule has 0 N–H and O–H groups in total. The summed E-state index contributed by atoms with van der Waals surface area (Å²) in [7, 11) is 1.79. The van der Waals surface area contributed by atoms with Gasteiger partial charge in [0.1, 0.15) is 0 Å². The summed E-state index contributed by atoms with van der Waals surface area (Å²) in [6.07, 6.45) is 2.06. The summed E-state index contributed by atoms with van der Waals surface area (Å²) in [6.45, 7) is 2.85. The molecule has 0 bridgehead atoms. The third kappa shape index (κ3) is 2.79. The molecule has 2 heterocycles. The van der Waals surface area contributed by atoms with Gasteiger partial charge in [0, 0.05) is 19.7 Å². The van der Waals surface area contributed by atoms with Crippen molar-refractivity contribution in [3.63, 3.8) is 0 Å². The van der Waals surface area contributed by atoms with Crippen LogP contribution in [-0.4, -0.2) is 29.6 Å². The summed E-state index contributed by atoms with van der Waals surface area (Å²) in [6, 6.07) is 5.59. The topological polar surface area (TPSA) is 46.3 Å². The van der Waals surface area contributed by atoms with Crippen molar-refractivity contribution in [3.05, 3.63) is 29.3 Å². The predicted molar refractivity (Wildman–Crippen MR) is 71.7 cm³/mol. The normalized spacial score (nSPS) is 10.6. The largest absolute Gasteiger partial charge is 0.355 e. The molecule has 1 amide bonds. The molecule has 2 rings (SSSR count). The fraction of sp³-hybridized carbons (Fsp3) is 0.385. The van der Waals surface area contributed by atoms with E-state index in [1.165, 1.54) is 0 Å². The molecular formula is C13H16N2O2S. The minimum absolute atomic E-state index is 0.0880. The quantitative estimate of drug-likeness (QED) is 0.832. The highest BCUT2D eigenvalue weighted by atomic mass is 32.1. The molecule has 0 unspecified atom stereocenters. The summed E-state index contributed by atoms with van der Waals surface area (Å²) in [4.78, 5) is 14.7. The van der Waals surface area contributed by atoms with Crippen LogP contribution in [0.1, 0.15) is 30.3 Å². The molecule has 0 aliphatic heterocycles. The molecule has 18 heavy (non-hydrogen) atoms. The SMILES string of the molecule is CCCCN(C)C(=O)c1cc(-c2cccs2)on1. The van der Waals surface area contributed by atoms with E-state index in [1.807, 2.05) is 17.5 Å². The standard InChI is InChI=1S/C13H16N2O2S/c1-3-4-7-15(2)13(16)10-9-11(17-14-10)12-6-5-8-18-12/h5-6,8-9H,3-4,7H2,1-2H3. The van der Waals surface area contributed by atoms with Crippen LogP contribution in [0.2, 0.25) is 0 Å². The van der Waals surface area contributed by atoms with E-state index in [-0.39, 0.29) is 5.91 Å². The second kappa shape index (κ2) is 5.82. The molecule has 2 aromatic heterocycles. The van der Waals surface area contributed by atoms with Gasteiger partial charge in [-0.25, -0.2) is 0 Å². The Morgan fingerprint density at radius 3 is 3.06 bits per heavy atom. The van der Waals surface area contributed by atoms with Gasteiger partial charge in [-0.15, -0.1) is 11.3 Å². The van der Waals surface area contributed by atoms with Gasteiger partial charge in [-0.05, 0) is 17.9 Å². The summed E-state index contributed by atoms with van der Waals surface area (Å²) >= 11 is 1.56. The van der Waals surface area contributed by atoms with E-state index < -0.39 is 0 Å². The third-order valence-corrected chi connectivity index (χ3v) is 3.57. The first-order valence-corrected chi connectivity index (χ1v) is 6.86. The van der Waals surface area contributed by atoms with Crippen molar-refractivity contribution in [1.29, 1.82) is 0 Å². The molecule has 0 spiro atoms. The monoisotopic (exact) mass is 264 g/mol. The van der Waals surface area contributed by atoms with Gasteiger partial charge in [0.2, 0.25) is 0 Å². The van der Waals surface area contributed by atoms with E-state index in [2.05, 4.69) is 12.1 Å². The summed E-state index contributed by atoms with van der Waals surface area (Å²) < 4.78 is 5.20. The first kappa shape index (κ1) is 12.8. The lowest BCUT2D eigenvalue weighted by molar-refractivity contribution is 0.0783. The van der Waals surface area contributed by atoms with E-state index in [9.17, 15) is 4.79 Å². The smallest absolute Gasteiger partial charge is 0.275 e. The maximum absolute atomic E-state index is 12.0. The molecule has 5 heteroatoms. The van der Waals surface area contributed by atoms with Gasteiger partial charge in [0.25, 0.3) is 5.91 Å². The van der Waals surface area contributed by atoms with Crippen molar-refractivity contribution in [2.24, 2.45) is 0 Å². The highest BCUT2D eigenvalue weighted by Crippen LogP contribution is 2.25. The number of hydrogen-bond acceptors (Lipinski definition) is 4. The van der Waals surface area contributed by atoms with E-state index in [4.69, 9.17) is 4.52 Å². The Hall–Kier alpha value is -1.62. The highest BCUT2D eigenvalue weighted by molar-refractivity contribution is 7.13. The lowest BCUT2D eigenvalue weighted by Gasteiger charge is -2.14. The van der Waals surface area contributed by atoms with Crippen LogP contribution in [0, 0.1) is 0 Å². The number of carbonyl (C=O) groups is 1. The number of carbonyl (C=O) groups excluding carboxylic acids is 1. The fourth-order valence-electron chi connectivity index (χ4n) is 1.60. The van der Waals surface area contributed by atoms with Gasteiger partial charge in [0.15, 0.2) is 11.5 Å². The molecule has 4 nitrogen and oxygen atoms in total. The lowest BCUT2D eigenvalue weighted by Crippen LogP contribution is -2.27. The van der Waals surface area contributed by atoms with Gasteiger partial charge in [-0.2, -0.15) is 0 Å². The Morgan fingerprint density at radius 1 is 1.56 bits per heavy atom. The van der Waals surface area contributed by atoms with Crippen molar-refractivity contribution < 1.29 is 9.32 Å². The molecule has 96 valence electrons. The van der Waals surface area contributed by atoms with Crippen molar-refractivity contribution in [1.82, 2.24) is 10.1 Å². The van der Waals surface area contributed by atoms with E-state index in [1.54, 1.807) is 29.4 Å². The lowest BCUT2D eigenvalue weighted by atomic mass is 10.3. The van der Waals surface area contributed by atoms with Crippen molar-refractivity contribution in [3.8, 4) is 10.6 Å². The molecule has 0 atom stereocenters. The zero-order chi connectivity index (χ0) is 13.0. The van der Waals surface area contributed by atoms with Crippen LogP contribution in [0.4, 0.5) is 0 Å². The van der Waals surface area contributed by atoms with Crippen LogP contribution in [0.5, 0.6) is 0 Å². The minimum atomic E-state index is -0.0880. The maximum atomic E-state index is 12.0. The van der Waals surface area contributed by atoms with Gasteiger partial charge in [0.05, 0.1) is 4.88 Å². The Balaban J connectivity index is 2.08. The third-order valence-electron chi connectivity index (χ3n) is 2.69. The Kier molecular flexibility index (Phi) is 4.15. The highest BCUT2D eigenvalue weighted by Gasteiger charge is 2.17. The van der Waals surface area contributed by atoms with E-state index >= 15 is 0 Å². The molecule has 0 saturated heterocycles. The van der Waals surface area contributed by atoms with Crippen molar-refractivity contribution in [2.45, 2.75) is 19.8 Å². The van der Waals surface area contributed by atoms with Crippen molar-refractivity contribution >= 4 is 17.2 Å². The number of amides is 1. The molecule has 0 aliphatic rings. The molecule has 0 aromatic carbocycles. The molecule has 2 aromatic rings. The van der Waals surface area contributed by atoms with Crippen LogP contribution < -0.4 is 0 Å². The maximum Gasteiger partial charge on any atom is 0.275 e. The number of thiophene rings is 1.